The number of carbonyl (C=O) groups is 2. The summed E-state index contributed by atoms with van der Waals surface area (Å²) in [4.78, 5) is 22.7. The van der Waals surface area contributed by atoms with E-state index in [-0.39, 0.29) is 30.4 Å². The predicted molar refractivity (Wildman–Crippen MR) is 52.9 cm³/mol. The first-order valence-electron chi connectivity index (χ1n) is 5.25. The fraction of sp³-hybridized carbons (Fsp3) is 0.800. The van der Waals surface area contributed by atoms with E-state index in [0.29, 0.717) is 19.6 Å². The third kappa shape index (κ3) is 3.51. The second-order valence-corrected chi connectivity index (χ2v) is 3.40. The zero-order valence-electron chi connectivity index (χ0n) is 9.12. The molecule has 1 amide bonds. The smallest absolute Gasteiger partial charge is 0.309 e. The van der Waals surface area contributed by atoms with Crippen LogP contribution in [-0.4, -0.2) is 31.3 Å². The lowest BCUT2D eigenvalue weighted by Gasteiger charge is -2.28. The van der Waals surface area contributed by atoms with Crippen molar-refractivity contribution in [1.82, 2.24) is 5.32 Å². The Morgan fingerprint density at radius 3 is 2.80 bits per heavy atom. The molecule has 2 unspecified atom stereocenters. The molecule has 1 saturated heterocycles. The molecular weight excluding hydrogens is 198 g/mol. The maximum Gasteiger partial charge on any atom is 0.309 e. The average Bonchev–Trinajstić information content (AvgIpc) is 2.17. The van der Waals surface area contributed by atoms with Crippen LogP contribution in [0.5, 0.6) is 0 Å². The van der Waals surface area contributed by atoms with E-state index in [1.54, 1.807) is 6.92 Å². The van der Waals surface area contributed by atoms with Gasteiger partial charge in [0.2, 0.25) is 5.91 Å². The summed E-state index contributed by atoms with van der Waals surface area (Å²) in [5, 5.41) is 2.68. The molecule has 0 radical (unpaired) electrons. The third-order valence-corrected chi connectivity index (χ3v) is 2.24. The van der Waals surface area contributed by atoms with Crippen molar-refractivity contribution in [2.75, 3.05) is 13.2 Å². The van der Waals surface area contributed by atoms with Crippen molar-refractivity contribution in [2.24, 2.45) is 5.92 Å². The van der Waals surface area contributed by atoms with Crippen LogP contribution in [0.2, 0.25) is 0 Å². The minimum atomic E-state index is -0.366. The molecule has 5 nitrogen and oxygen atoms in total. The molecule has 1 N–H and O–H groups in total. The molecule has 1 fully saturated rings. The van der Waals surface area contributed by atoms with Crippen LogP contribution in [0.15, 0.2) is 0 Å². The van der Waals surface area contributed by atoms with Crippen molar-refractivity contribution in [3.05, 3.63) is 0 Å². The van der Waals surface area contributed by atoms with E-state index in [4.69, 9.17) is 9.47 Å². The Hall–Kier alpha value is -1.10. The van der Waals surface area contributed by atoms with Gasteiger partial charge in [0.15, 0.2) is 0 Å². The van der Waals surface area contributed by atoms with Crippen LogP contribution in [0.1, 0.15) is 26.7 Å². The van der Waals surface area contributed by atoms with E-state index in [2.05, 4.69) is 5.32 Å². The Kier molecular flexibility index (Phi) is 4.55. The van der Waals surface area contributed by atoms with Crippen LogP contribution >= 0.6 is 0 Å². The van der Waals surface area contributed by atoms with Crippen LogP contribution in [-0.2, 0) is 19.1 Å². The minimum Gasteiger partial charge on any atom is -0.466 e. The molecule has 0 aromatic carbocycles. The normalized spacial score (nSPS) is 25.9. The predicted octanol–water partition coefficient (Wildman–Crippen LogP) is 0.438. The summed E-state index contributed by atoms with van der Waals surface area (Å²) >= 11 is 0. The molecule has 0 bridgehead atoms. The maximum atomic E-state index is 11.4. The van der Waals surface area contributed by atoms with Crippen molar-refractivity contribution in [1.29, 1.82) is 0 Å². The highest BCUT2D eigenvalue weighted by molar-refractivity contribution is 5.84. The van der Waals surface area contributed by atoms with E-state index >= 15 is 0 Å². The van der Waals surface area contributed by atoms with Crippen LogP contribution < -0.4 is 5.32 Å². The molecule has 1 aliphatic rings. The number of hydrogen-bond donors (Lipinski definition) is 1. The molecular formula is C10H17NO4. The zero-order valence-corrected chi connectivity index (χ0v) is 9.12. The van der Waals surface area contributed by atoms with E-state index in [1.165, 1.54) is 0 Å². The van der Waals surface area contributed by atoms with Gasteiger partial charge in [-0.3, -0.25) is 9.59 Å². The minimum absolute atomic E-state index is 0.155. The third-order valence-electron chi connectivity index (χ3n) is 2.24. The molecule has 15 heavy (non-hydrogen) atoms. The summed E-state index contributed by atoms with van der Waals surface area (Å²) in [5.74, 6) is -0.829. The molecule has 0 aromatic heterocycles. The van der Waals surface area contributed by atoms with Gasteiger partial charge in [-0.15, -0.1) is 0 Å². The van der Waals surface area contributed by atoms with Gasteiger partial charge in [-0.1, -0.05) is 0 Å². The lowest BCUT2D eigenvalue weighted by Crippen LogP contribution is -2.46. The number of rotatable bonds is 4. The maximum absolute atomic E-state index is 11.4. The summed E-state index contributed by atoms with van der Waals surface area (Å²) in [6.07, 6.45) is 0.339. The first-order valence-corrected chi connectivity index (χ1v) is 5.25. The zero-order chi connectivity index (χ0) is 11.3. The lowest BCUT2D eigenvalue weighted by atomic mass is 9.96. The van der Waals surface area contributed by atoms with Gasteiger partial charge in [-0.05, 0) is 13.8 Å². The second-order valence-electron chi connectivity index (χ2n) is 3.40. The van der Waals surface area contributed by atoms with Crippen molar-refractivity contribution >= 4 is 11.9 Å². The molecule has 5 heteroatoms. The van der Waals surface area contributed by atoms with E-state index in [0.717, 1.165) is 0 Å². The fourth-order valence-electron chi connectivity index (χ4n) is 1.61. The second kappa shape index (κ2) is 5.70. The summed E-state index contributed by atoms with van der Waals surface area (Å²) < 4.78 is 10.2. The van der Waals surface area contributed by atoms with Gasteiger partial charge in [-0.2, -0.15) is 0 Å². The Bertz CT molecular complexity index is 242. The quantitative estimate of drug-likeness (QED) is 0.691. The van der Waals surface area contributed by atoms with Gasteiger partial charge >= 0.3 is 5.97 Å². The van der Waals surface area contributed by atoms with Crippen molar-refractivity contribution in [2.45, 2.75) is 32.9 Å². The molecule has 0 saturated carbocycles. The number of ether oxygens (including phenoxy) is 2. The standard InChI is InChI=1S/C10H17NO4/c1-3-14-9-6-7(5-8(12)11-9)10(13)15-4-2/h7,9H,3-6H2,1-2H3,(H,11,12). The van der Waals surface area contributed by atoms with Crippen LogP contribution in [0.3, 0.4) is 0 Å². The van der Waals surface area contributed by atoms with Gasteiger partial charge in [0.25, 0.3) is 0 Å². The number of amides is 1. The number of nitrogens with one attached hydrogen (secondary N) is 1. The molecule has 86 valence electrons. The van der Waals surface area contributed by atoms with Crippen molar-refractivity contribution in [3.63, 3.8) is 0 Å². The fourth-order valence-corrected chi connectivity index (χ4v) is 1.61. The van der Waals surface area contributed by atoms with Gasteiger partial charge in [-0.25, -0.2) is 0 Å². The van der Waals surface area contributed by atoms with Crippen LogP contribution in [0.4, 0.5) is 0 Å². The molecule has 1 aliphatic heterocycles. The van der Waals surface area contributed by atoms with Crippen LogP contribution in [0, 0.1) is 5.92 Å². The topological polar surface area (TPSA) is 64.6 Å². The SMILES string of the molecule is CCOC(=O)C1CC(=O)NC(OCC)C1. The van der Waals surface area contributed by atoms with Crippen molar-refractivity contribution < 1.29 is 19.1 Å². The highest BCUT2D eigenvalue weighted by Gasteiger charge is 2.32. The number of carbonyl (C=O) groups excluding carboxylic acids is 2. The first kappa shape index (κ1) is 12.0. The number of hydrogen-bond acceptors (Lipinski definition) is 4. The monoisotopic (exact) mass is 215 g/mol. The van der Waals surface area contributed by atoms with Gasteiger partial charge in [0.1, 0.15) is 6.23 Å². The van der Waals surface area contributed by atoms with Gasteiger partial charge in [0.05, 0.1) is 12.5 Å². The van der Waals surface area contributed by atoms with Gasteiger partial charge in [0, 0.05) is 19.4 Å². The molecule has 1 rings (SSSR count). The summed E-state index contributed by atoms with van der Waals surface area (Å²) in [6.45, 7) is 4.46. The molecule has 0 aromatic rings. The summed E-state index contributed by atoms with van der Waals surface area (Å²) in [5.41, 5.74) is 0. The van der Waals surface area contributed by atoms with E-state index in [9.17, 15) is 9.59 Å². The Labute approximate surface area is 89.1 Å². The highest BCUT2D eigenvalue weighted by Crippen LogP contribution is 2.19. The Morgan fingerprint density at radius 1 is 1.47 bits per heavy atom. The van der Waals surface area contributed by atoms with Gasteiger partial charge < -0.3 is 14.8 Å². The molecule has 2 atom stereocenters. The first-order chi connectivity index (χ1) is 7.17. The Balaban J connectivity index is 2.51. The average molecular weight is 215 g/mol. The van der Waals surface area contributed by atoms with Crippen LogP contribution in [0.25, 0.3) is 0 Å². The lowest BCUT2D eigenvalue weighted by molar-refractivity contribution is -0.155. The van der Waals surface area contributed by atoms with E-state index < -0.39 is 0 Å². The Morgan fingerprint density at radius 2 is 2.20 bits per heavy atom. The van der Waals surface area contributed by atoms with E-state index in [1.807, 2.05) is 6.92 Å². The molecule has 1 heterocycles. The molecule has 0 aliphatic carbocycles. The highest BCUT2D eigenvalue weighted by atomic mass is 16.5. The number of piperidine rings is 1. The largest absolute Gasteiger partial charge is 0.466 e. The molecule has 0 spiro atoms. The summed E-state index contributed by atoms with van der Waals surface area (Å²) in [7, 11) is 0. The number of esters is 1. The van der Waals surface area contributed by atoms with Crippen molar-refractivity contribution in [3.8, 4) is 0 Å². The summed E-state index contributed by atoms with van der Waals surface area (Å²) in [6, 6.07) is 0.